The summed E-state index contributed by atoms with van der Waals surface area (Å²) in [5.41, 5.74) is -0.812. The molecule has 5 aromatic rings. The number of benzene rings is 4. The van der Waals surface area contributed by atoms with Crippen LogP contribution in [0.2, 0.25) is 18.1 Å². The number of Topliss-reactive ketones (excluding diaryl/α,β-unsaturated/α-hetero) is 2. The predicted molar refractivity (Wildman–Crippen MR) is 252 cm³/mol. The van der Waals surface area contributed by atoms with Crippen LogP contribution in [-0.2, 0) is 41.6 Å². The highest BCUT2D eigenvalue weighted by Gasteiger charge is 2.69. The van der Waals surface area contributed by atoms with Gasteiger partial charge in [0.25, 0.3) is 5.88 Å². The Labute approximate surface area is 396 Å². The van der Waals surface area contributed by atoms with Gasteiger partial charge in [0, 0.05) is 30.1 Å². The molecule has 1 unspecified atom stereocenters. The molecule has 5 aliphatic rings. The van der Waals surface area contributed by atoms with E-state index >= 15 is 22.8 Å². The maximum atomic E-state index is 16.2. The molecule has 68 heavy (non-hydrogen) atoms. The third kappa shape index (κ3) is 8.20. The first-order valence-electron chi connectivity index (χ1n) is 23.8. The normalized spacial score (nSPS) is 24.1. The van der Waals surface area contributed by atoms with Gasteiger partial charge in [-0.15, -0.1) is 0 Å². The second-order valence-corrected chi connectivity index (χ2v) is 25.5. The lowest BCUT2D eigenvalue weighted by Gasteiger charge is -2.54. The Hall–Kier alpha value is -5.54. The number of hydrogen-bond donors (Lipinski definition) is 2. The summed E-state index contributed by atoms with van der Waals surface area (Å²) >= 11 is 0. The molecule has 0 spiro atoms. The van der Waals surface area contributed by atoms with Crippen molar-refractivity contribution in [3.8, 4) is 11.6 Å². The lowest BCUT2D eigenvalue weighted by atomic mass is 9.57. The lowest BCUT2D eigenvalue weighted by molar-refractivity contribution is -0.139. The highest BCUT2D eigenvalue weighted by molar-refractivity contribution is 6.74. The predicted octanol–water partition coefficient (Wildman–Crippen LogP) is 11.7. The fraction of sp³-hybridized carbons (Fsp3) is 0.426. The van der Waals surface area contributed by atoms with E-state index in [-0.39, 0.29) is 77.3 Å². The lowest BCUT2D eigenvalue weighted by Crippen LogP contribution is -2.68. The first-order chi connectivity index (χ1) is 32.5. The van der Waals surface area contributed by atoms with Crippen molar-refractivity contribution in [1.82, 2.24) is 15.4 Å². The molecular formula is C54H58F3N3O7Si. The van der Waals surface area contributed by atoms with Crippen LogP contribution in [0.5, 0.6) is 11.6 Å². The molecular weight excluding hydrogens is 888 g/mol. The zero-order valence-electron chi connectivity index (χ0n) is 39.1. The molecule has 4 aliphatic carbocycles. The van der Waals surface area contributed by atoms with Gasteiger partial charge in [0.05, 0.1) is 17.2 Å². The van der Waals surface area contributed by atoms with E-state index in [4.69, 9.17) is 18.4 Å². The molecule has 10 rings (SSSR count). The Kier molecular flexibility index (Phi) is 11.9. The number of ether oxygens (including phenoxy) is 2. The van der Waals surface area contributed by atoms with Crippen LogP contribution in [0.3, 0.4) is 0 Å². The third-order valence-corrected chi connectivity index (χ3v) is 19.7. The van der Waals surface area contributed by atoms with Crippen LogP contribution in [0.1, 0.15) is 120 Å². The van der Waals surface area contributed by atoms with Gasteiger partial charge in [-0.05, 0) is 108 Å². The van der Waals surface area contributed by atoms with Gasteiger partial charge in [-0.25, -0.2) is 0 Å². The maximum Gasteiger partial charge on any atom is 0.417 e. The fourth-order valence-corrected chi connectivity index (χ4v) is 12.3. The summed E-state index contributed by atoms with van der Waals surface area (Å²) < 4.78 is 74.6. The first-order valence-corrected chi connectivity index (χ1v) is 26.7. The standard InChI is InChI=1S/C54H58F3N3O7Si/c1-52(2,3)68(4,5)67-53-39(46(58-36-23-24-36)48-44(50(53)63)51(59-66-48)65-31-34-20-13-8-14-21-34)27-35-26-38-43(47(61)42(35)49(53)62)41(64-30-33-18-11-7-12-19-33)28-37(45(38)54(55,56)57)40-22-15-25-60(40)29-32-16-9-6-10-17-32/h6-14,16-21,28,35-36,39-40,46,58,61H,15,22-27,29-31H2,1-5H3/t35-,39-,40?,46-,53-/m0/s1. The van der Waals surface area contributed by atoms with E-state index in [1.165, 1.54) is 6.07 Å². The highest BCUT2D eigenvalue weighted by atomic mass is 28.4. The van der Waals surface area contributed by atoms with Crippen LogP contribution >= 0.6 is 0 Å². The van der Waals surface area contributed by atoms with E-state index in [1.807, 2.05) is 125 Å². The van der Waals surface area contributed by atoms with E-state index in [0.717, 1.165) is 29.5 Å². The molecule has 10 nitrogen and oxygen atoms in total. The number of carbonyl (C=O) groups excluding carboxylic acids is 2. The number of aliphatic hydroxyl groups excluding tert-OH is 1. The number of alkyl halides is 3. The third-order valence-electron chi connectivity index (χ3n) is 15.3. The average molecular weight is 946 g/mol. The largest absolute Gasteiger partial charge is 0.507 e. The van der Waals surface area contributed by atoms with Crippen molar-refractivity contribution in [2.24, 2.45) is 11.8 Å². The molecule has 3 fully saturated rings. The summed E-state index contributed by atoms with van der Waals surface area (Å²) in [5.74, 6) is -3.78. The summed E-state index contributed by atoms with van der Waals surface area (Å²) in [7, 11) is -3.08. The van der Waals surface area contributed by atoms with Crippen molar-refractivity contribution >= 4 is 25.6 Å². The minimum absolute atomic E-state index is 0.00795. The second kappa shape index (κ2) is 17.5. The minimum atomic E-state index is -4.84. The van der Waals surface area contributed by atoms with Gasteiger partial charge in [0.2, 0.25) is 11.6 Å². The summed E-state index contributed by atoms with van der Waals surface area (Å²) in [6, 6.07) is 28.4. The number of rotatable bonds is 13. The molecule has 1 aromatic heterocycles. The van der Waals surface area contributed by atoms with Crippen LogP contribution in [-0.4, -0.2) is 53.2 Å². The molecule has 14 heteroatoms. The SMILES string of the molecule is CC(C)(C)[Si](C)(C)O[C@]12C(=O)C3=C(O)c4c(OCc5ccccc5)cc(C5CCCN5Cc5ccccc5)c(C(F)(F)F)c4C[C@H]3C[C@H]1[C@H](NC1CC1)c1onc(OCc3ccccc3)c1C2=O. The van der Waals surface area contributed by atoms with Crippen molar-refractivity contribution in [1.29, 1.82) is 0 Å². The Balaban J connectivity index is 1.16. The van der Waals surface area contributed by atoms with Gasteiger partial charge in [0.15, 0.2) is 19.7 Å². The monoisotopic (exact) mass is 945 g/mol. The summed E-state index contributed by atoms with van der Waals surface area (Å²) in [5, 5.41) is 20.3. The van der Waals surface area contributed by atoms with Crippen LogP contribution in [0.25, 0.3) is 5.76 Å². The number of aliphatic hydroxyl groups is 1. The number of likely N-dealkylation sites (tertiary alicyclic amines) is 1. The number of aromatic nitrogens is 1. The van der Waals surface area contributed by atoms with Gasteiger partial charge >= 0.3 is 6.18 Å². The fourth-order valence-electron chi connectivity index (χ4n) is 10.8. The van der Waals surface area contributed by atoms with Gasteiger partial charge in [-0.2, -0.15) is 13.2 Å². The molecule has 2 N–H and O–H groups in total. The highest BCUT2D eigenvalue weighted by Crippen LogP contribution is 2.60. The summed E-state index contributed by atoms with van der Waals surface area (Å²) in [6.07, 6.45) is -2.17. The van der Waals surface area contributed by atoms with E-state index in [9.17, 15) is 5.11 Å². The quantitative estimate of drug-likeness (QED) is 0.0871. The zero-order valence-corrected chi connectivity index (χ0v) is 40.1. The van der Waals surface area contributed by atoms with Gasteiger partial charge in [0.1, 0.15) is 30.3 Å². The Bertz CT molecular complexity index is 2750. The van der Waals surface area contributed by atoms with Crippen molar-refractivity contribution in [3.63, 3.8) is 0 Å². The number of halogens is 3. The number of fused-ring (bicyclic) bond motifs is 4. The topological polar surface area (TPSA) is 123 Å². The van der Waals surface area contributed by atoms with Crippen molar-refractivity contribution in [2.45, 2.75) is 127 Å². The van der Waals surface area contributed by atoms with E-state index in [2.05, 4.69) is 15.4 Å². The molecule has 0 radical (unpaired) electrons. The van der Waals surface area contributed by atoms with E-state index in [1.54, 1.807) is 0 Å². The number of nitrogens with zero attached hydrogens (tertiary/aromatic N) is 2. The van der Waals surface area contributed by atoms with Crippen LogP contribution < -0.4 is 14.8 Å². The molecule has 1 aliphatic heterocycles. The molecule has 4 aromatic carbocycles. The summed E-state index contributed by atoms with van der Waals surface area (Å²) in [6.45, 7) is 11.1. The van der Waals surface area contributed by atoms with E-state index < -0.39 is 71.9 Å². The zero-order chi connectivity index (χ0) is 47.8. The molecule has 356 valence electrons. The van der Waals surface area contributed by atoms with Crippen molar-refractivity contribution in [2.75, 3.05) is 6.54 Å². The molecule has 0 amide bonds. The second-order valence-electron chi connectivity index (χ2n) is 20.8. The smallest absolute Gasteiger partial charge is 0.417 e. The minimum Gasteiger partial charge on any atom is -0.507 e. The number of carbonyl (C=O) groups is 2. The maximum absolute atomic E-state index is 16.2. The Morgan fingerprint density at radius 2 is 1.47 bits per heavy atom. The molecule has 1 saturated heterocycles. The molecule has 0 bridgehead atoms. The van der Waals surface area contributed by atoms with Gasteiger partial charge < -0.3 is 28.8 Å². The van der Waals surface area contributed by atoms with Crippen molar-refractivity contribution in [3.05, 3.63) is 153 Å². The average Bonchev–Trinajstić information content (AvgIpc) is 3.84. The van der Waals surface area contributed by atoms with E-state index in [0.29, 0.717) is 25.9 Å². The van der Waals surface area contributed by atoms with Gasteiger partial charge in [-0.1, -0.05) is 112 Å². The number of hydrogen-bond acceptors (Lipinski definition) is 10. The molecule has 2 saturated carbocycles. The Morgan fingerprint density at radius 3 is 2.07 bits per heavy atom. The molecule has 5 atom stereocenters. The first kappa shape index (κ1) is 46.2. The number of nitrogens with one attached hydrogen (secondary N) is 1. The molecule has 2 heterocycles. The van der Waals surface area contributed by atoms with Crippen molar-refractivity contribution < 1.29 is 46.3 Å². The van der Waals surface area contributed by atoms with Crippen LogP contribution in [0.4, 0.5) is 13.2 Å². The number of ketones is 2. The Morgan fingerprint density at radius 1 is 0.853 bits per heavy atom. The van der Waals surface area contributed by atoms with Gasteiger partial charge in [-0.3, -0.25) is 14.5 Å². The summed E-state index contributed by atoms with van der Waals surface area (Å²) in [4.78, 5) is 34.0. The van der Waals surface area contributed by atoms with Crippen LogP contribution in [0, 0.1) is 11.8 Å². The van der Waals surface area contributed by atoms with Crippen LogP contribution in [0.15, 0.2) is 107 Å².